The number of methoxy groups -OCH3 is 1. The molecule has 0 atom stereocenters. The average molecular weight is 183 g/mol. The van der Waals surface area contributed by atoms with E-state index in [1.165, 1.54) is 19.2 Å². The smallest absolute Gasteiger partial charge is 0.144 e. The van der Waals surface area contributed by atoms with Gasteiger partial charge in [0.1, 0.15) is 19.4 Å². The van der Waals surface area contributed by atoms with Gasteiger partial charge in [0.25, 0.3) is 0 Å². The molecule has 0 bridgehead atoms. The van der Waals surface area contributed by atoms with Gasteiger partial charge in [-0.2, -0.15) is 0 Å². The lowest BCUT2D eigenvalue weighted by Crippen LogP contribution is -2.15. The molecule has 1 aromatic rings. The number of hydrogen-bond donors (Lipinski definition) is 2. The van der Waals surface area contributed by atoms with Gasteiger partial charge in [-0.3, -0.25) is 0 Å². The first-order chi connectivity index (χ1) is 6.19. The largest absolute Gasteiger partial charge is 0.497 e. The molecule has 0 aliphatic carbocycles. The molecule has 0 aromatic heterocycles. The van der Waals surface area contributed by atoms with Gasteiger partial charge in [-0.05, 0) is 17.6 Å². The lowest BCUT2D eigenvalue weighted by molar-refractivity contribution is 0.160. The van der Waals surface area contributed by atoms with E-state index in [1.807, 2.05) is 5.48 Å². The molecule has 0 heterocycles. The molecule has 0 saturated carbocycles. The van der Waals surface area contributed by atoms with Crippen LogP contribution in [0, 0.1) is 5.82 Å². The van der Waals surface area contributed by atoms with Crippen molar-refractivity contribution >= 4 is 13.3 Å². The first-order valence-corrected chi connectivity index (χ1v) is 3.89. The monoisotopic (exact) mass is 183 g/mol. The van der Waals surface area contributed by atoms with Crippen LogP contribution in [0.4, 0.5) is 4.39 Å². The van der Waals surface area contributed by atoms with Crippen LogP contribution in [0.5, 0.6) is 5.75 Å². The van der Waals surface area contributed by atoms with Crippen LogP contribution in [0.15, 0.2) is 12.1 Å². The SMILES string of the molecule is Bc1cc(F)cc(CNO)c1OC. The van der Waals surface area contributed by atoms with Gasteiger partial charge in [0.05, 0.1) is 7.11 Å². The van der Waals surface area contributed by atoms with Crippen molar-refractivity contribution in [2.75, 3.05) is 7.11 Å². The Morgan fingerprint density at radius 3 is 2.85 bits per heavy atom. The molecular weight excluding hydrogens is 172 g/mol. The molecule has 0 aliphatic rings. The van der Waals surface area contributed by atoms with E-state index in [1.54, 1.807) is 7.85 Å². The van der Waals surface area contributed by atoms with Crippen molar-refractivity contribution in [3.05, 3.63) is 23.5 Å². The second kappa shape index (κ2) is 4.25. The second-order valence-corrected chi connectivity index (χ2v) is 2.75. The van der Waals surface area contributed by atoms with Crippen LogP contribution in [-0.2, 0) is 6.54 Å². The minimum absolute atomic E-state index is 0.168. The van der Waals surface area contributed by atoms with Gasteiger partial charge in [0.2, 0.25) is 0 Å². The third-order valence-electron chi connectivity index (χ3n) is 1.79. The van der Waals surface area contributed by atoms with Crippen molar-refractivity contribution < 1.29 is 14.3 Å². The van der Waals surface area contributed by atoms with E-state index in [9.17, 15) is 4.39 Å². The van der Waals surface area contributed by atoms with Crippen molar-refractivity contribution in [3.8, 4) is 5.75 Å². The van der Waals surface area contributed by atoms with Gasteiger partial charge in [-0.25, -0.2) is 9.87 Å². The van der Waals surface area contributed by atoms with Crippen molar-refractivity contribution in [1.82, 2.24) is 5.48 Å². The highest BCUT2D eigenvalue weighted by atomic mass is 19.1. The minimum atomic E-state index is -0.330. The molecule has 0 amide bonds. The predicted molar refractivity (Wildman–Crippen MR) is 49.8 cm³/mol. The van der Waals surface area contributed by atoms with Crippen LogP contribution < -0.4 is 15.7 Å². The maximum atomic E-state index is 12.9. The molecule has 0 fully saturated rings. The van der Waals surface area contributed by atoms with Crippen LogP contribution in [0.1, 0.15) is 5.56 Å². The van der Waals surface area contributed by atoms with E-state index < -0.39 is 0 Å². The summed E-state index contributed by atoms with van der Waals surface area (Å²) in [5.41, 5.74) is 3.28. The van der Waals surface area contributed by atoms with E-state index in [2.05, 4.69) is 0 Å². The van der Waals surface area contributed by atoms with Gasteiger partial charge >= 0.3 is 0 Å². The Balaban J connectivity index is 3.13. The number of rotatable bonds is 3. The van der Waals surface area contributed by atoms with Crippen molar-refractivity contribution in [1.29, 1.82) is 0 Å². The van der Waals surface area contributed by atoms with Gasteiger partial charge in [-0.1, -0.05) is 0 Å². The van der Waals surface area contributed by atoms with E-state index >= 15 is 0 Å². The molecule has 1 rings (SSSR count). The predicted octanol–water partition coefficient (Wildman–Crippen LogP) is -0.429. The van der Waals surface area contributed by atoms with Crippen LogP contribution in [0.2, 0.25) is 0 Å². The maximum Gasteiger partial charge on any atom is 0.144 e. The Hall–Kier alpha value is -1.07. The van der Waals surface area contributed by atoms with Crippen LogP contribution in [0.3, 0.4) is 0 Å². The number of hydrogen-bond acceptors (Lipinski definition) is 3. The van der Waals surface area contributed by atoms with E-state index in [-0.39, 0.29) is 12.4 Å². The number of benzene rings is 1. The summed E-state index contributed by atoms with van der Waals surface area (Å²) >= 11 is 0. The summed E-state index contributed by atoms with van der Waals surface area (Å²) in [6.07, 6.45) is 0. The van der Waals surface area contributed by atoms with Crippen LogP contribution >= 0.6 is 0 Å². The van der Waals surface area contributed by atoms with Crippen LogP contribution in [0.25, 0.3) is 0 Å². The summed E-state index contributed by atoms with van der Waals surface area (Å²) in [6.45, 7) is 0.168. The summed E-state index contributed by atoms with van der Waals surface area (Å²) in [5.74, 6) is 0.270. The zero-order valence-electron chi connectivity index (χ0n) is 7.60. The summed E-state index contributed by atoms with van der Waals surface area (Å²) in [7, 11) is 3.27. The Kier molecular flexibility index (Phi) is 3.28. The molecule has 0 radical (unpaired) electrons. The quantitative estimate of drug-likeness (QED) is 0.493. The van der Waals surface area contributed by atoms with Crippen molar-refractivity contribution in [3.63, 3.8) is 0 Å². The van der Waals surface area contributed by atoms with Crippen molar-refractivity contribution in [2.24, 2.45) is 0 Å². The fraction of sp³-hybridized carbons (Fsp3) is 0.250. The number of nitrogens with one attached hydrogen (secondary N) is 1. The summed E-state index contributed by atoms with van der Waals surface area (Å²) < 4.78 is 18.0. The van der Waals surface area contributed by atoms with E-state index in [4.69, 9.17) is 9.94 Å². The second-order valence-electron chi connectivity index (χ2n) is 2.75. The standard InChI is InChI=1S/C8H11BFNO2/c1-13-8-5(4-11-12)2-6(10)3-7(8)9/h2-3,11-12H,4,9H2,1H3. The van der Waals surface area contributed by atoms with Gasteiger partial charge in [0.15, 0.2) is 0 Å². The molecule has 13 heavy (non-hydrogen) atoms. The molecule has 0 saturated heterocycles. The Morgan fingerprint density at radius 2 is 2.31 bits per heavy atom. The third kappa shape index (κ3) is 2.20. The van der Waals surface area contributed by atoms with Crippen molar-refractivity contribution in [2.45, 2.75) is 6.54 Å². The normalized spacial score (nSPS) is 10.1. The molecule has 1 aromatic carbocycles. The maximum absolute atomic E-state index is 12.9. The highest BCUT2D eigenvalue weighted by molar-refractivity contribution is 6.34. The lowest BCUT2D eigenvalue weighted by atomic mass is 9.92. The summed E-state index contributed by atoms with van der Waals surface area (Å²) in [5, 5.41) is 8.49. The molecule has 0 aliphatic heterocycles. The minimum Gasteiger partial charge on any atom is -0.497 e. The molecular formula is C8H11BFNO2. The number of hydroxylamine groups is 1. The average Bonchev–Trinajstić information content (AvgIpc) is 2.04. The highest BCUT2D eigenvalue weighted by Gasteiger charge is 2.07. The Bertz CT molecular complexity index is 306. The van der Waals surface area contributed by atoms with Crippen LogP contribution in [-0.4, -0.2) is 20.2 Å². The van der Waals surface area contributed by atoms with E-state index in [0.29, 0.717) is 16.8 Å². The molecule has 0 spiro atoms. The first kappa shape index (κ1) is 10.0. The zero-order chi connectivity index (χ0) is 9.84. The Morgan fingerprint density at radius 1 is 1.62 bits per heavy atom. The summed E-state index contributed by atoms with van der Waals surface area (Å²) in [4.78, 5) is 0. The lowest BCUT2D eigenvalue weighted by Gasteiger charge is -2.10. The molecule has 3 nitrogen and oxygen atoms in total. The fourth-order valence-electron chi connectivity index (χ4n) is 1.31. The van der Waals surface area contributed by atoms with E-state index in [0.717, 1.165) is 0 Å². The molecule has 0 unspecified atom stereocenters. The van der Waals surface area contributed by atoms with Gasteiger partial charge in [-0.15, -0.1) is 0 Å². The number of ether oxygens (including phenoxy) is 1. The third-order valence-corrected chi connectivity index (χ3v) is 1.79. The molecule has 5 heteroatoms. The molecule has 2 N–H and O–H groups in total. The van der Waals surface area contributed by atoms with Gasteiger partial charge < -0.3 is 9.94 Å². The topological polar surface area (TPSA) is 41.5 Å². The Labute approximate surface area is 76.9 Å². The first-order valence-electron chi connectivity index (χ1n) is 3.89. The highest BCUT2D eigenvalue weighted by Crippen LogP contribution is 2.15. The molecule has 70 valence electrons. The number of halogens is 1. The zero-order valence-corrected chi connectivity index (χ0v) is 7.60. The summed E-state index contributed by atoms with van der Waals surface area (Å²) in [6, 6.07) is 2.72. The van der Waals surface area contributed by atoms with Gasteiger partial charge in [0, 0.05) is 12.1 Å². The fourth-order valence-corrected chi connectivity index (χ4v) is 1.31.